The molecule has 0 amide bonds. The molecule has 0 aliphatic rings. The molecule has 3 rings (SSSR count). The van der Waals surface area contributed by atoms with Crippen LogP contribution in [0, 0.1) is 0 Å². The van der Waals surface area contributed by atoms with Gasteiger partial charge < -0.3 is 5.32 Å². The number of fused-ring (bicyclic) bond motifs is 1. The monoisotopic (exact) mass is 317 g/mol. The largest absolute Gasteiger partial charge is 0.339 e. The van der Waals surface area contributed by atoms with Gasteiger partial charge in [0, 0.05) is 11.4 Å². The van der Waals surface area contributed by atoms with Gasteiger partial charge in [-0.3, -0.25) is 5.10 Å². The van der Waals surface area contributed by atoms with E-state index in [0.29, 0.717) is 0 Å². The number of hydrogen-bond acceptors (Lipinski definition) is 6. The summed E-state index contributed by atoms with van der Waals surface area (Å²) >= 11 is 3.38. The lowest BCUT2D eigenvalue weighted by Crippen LogP contribution is -1.96. The van der Waals surface area contributed by atoms with Crippen LogP contribution in [0.5, 0.6) is 0 Å². The van der Waals surface area contributed by atoms with Gasteiger partial charge in [-0.05, 0) is 30.2 Å². The Labute approximate surface area is 131 Å². The molecular weight excluding hydrogens is 302 g/mol. The molecule has 7 heteroatoms. The summed E-state index contributed by atoms with van der Waals surface area (Å²) in [4.78, 5) is 8.57. The molecule has 2 heterocycles. The van der Waals surface area contributed by atoms with Crippen LogP contribution in [0.4, 0.5) is 11.5 Å². The minimum atomic E-state index is 0.747. The van der Waals surface area contributed by atoms with Crippen LogP contribution in [0.15, 0.2) is 35.6 Å². The third-order valence-corrected chi connectivity index (χ3v) is 4.32. The van der Waals surface area contributed by atoms with E-state index in [4.69, 9.17) is 0 Å². The molecule has 0 aliphatic heterocycles. The van der Waals surface area contributed by atoms with Gasteiger partial charge in [0.25, 0.3) is 0 Å². The minimum Gasteiger partial charge on any atom is -0.339 e. The third-order valence-electron chi connectivity index (χ3n) is 3.02. The molecule has 0 unspecified atom stereocenters. The van der Waals surface area contributed by atoms with Crippen molar-refractivity contribution in [3.8, 4) is 0 Å². The normalized spacial score (nSPS) is 11.0. The lowest BCUT2D eigenvalue weighted by Gasteiger charge is -2.08. The standard InChI is InChI=1S/C14H15N5S2/c1-20-7-9-4-3-5-10(6-9)17-12-11-13(16-8-15-12)18-19-14(11)21-2/h3-6,8H,7H2,1-2H3,(H2,15,16,17,18,19). The van der Waals surface area contributed by atoms with Gasteiger partial charge in [-0.2, -0.15) is 16.9 Å². The summed E-state index contributed by atoms with van der Waals surface area (Å²) in [6.07, 6.45) is 5.63. The number of rotatable bonds is 5. The van der Waals surface area contributed by atoms with Crippen molar-refractivity contribution in [2.45, 2.75) is 10.8 Å². The van der Waals surface area contributed by atoms with Crippen molar-refractivity contribution in [3.63, 3.8) is 0 Å². The first-order valence-corrected chi connectivity index (χ1v) is 9.01. The molecule has 5 nitrogen and oxygen atoms in total. The molecule has 0 radical (unpaired) electrons. The number of aromatic nitrogens is 4. The number of anilines is 2. The zero-order valence-corrected chi connectivity index (χ0v) is 13.4. The smallest absolute Gasteiger partial charge is 0.161 e. The van der Waals surface area contributed by atoms with E-state index in [-0.39, 0.29) is 0 Å². The Bertz CT molecular complexity index is 756. The highest BCUT2D eigenvalue weighted by Gasteiger charge is 2.12. The van der Waals surface area contributed by atoms with Crippen molar-refractivity contribution >= 4 is 46.1 Å². The van der Waals surface area contributed by atoms with Gasteiger partial charge in [0.2, 0.25) is 0 Å². The Kier molecular flexibility index (Phi) is 4.31. The first-order valence-electron chi connectivity index (χ1n) is 6.40. The summed E-state index contributed by atoms with van der Waals surface area (Å²) in [6, 6.07) is 8.36. The minimum absolute atomic E-state index is 0.747. The van der Waals surface area contributed by atoms with Crippen molar-refractivity contribution in [3.05, 3.63) is 36.2 Å². The molecule has 1 aromatic carbocycles. The highest BCUT2D eigenvalue weighted by Crippen LogP contribution is 2.29. The number of thioether (sulfide) groups is 2. The number of benzene rings is 1. The second-order valence-electron chi connectivity index (χ2n) is 4.44. The summed E-state index contributed by atoms with van der Waals surface area (Å²) in [5.41, 5.74) is 3.06. The van der Waals surface area contributed by atoms with Crippen LogP contribution in [-0.4, -0.2) is 32.7 Å². The molecule has 0 saturated carbocycles. The number of hydrogen-bond donors (Lipinski definition) is 2. The summed E-state index contributed by atoms with van der Waals surface area (Å²) in [5.74, 6) is 1.77. The number of nitrogens with zero attached hydrogens (tertiary/aromatic N) is 3. The molecule has 0 fully saturated rings. The second kappa shape index (κ2) is 6.36. The van der Waals surface area contributed by atoms with Crippen molar-refractivity contribution in [1.82, 2.24) is 20.2 Å². The molecule has 0 bridgehead atoms. The second-order valence-corrected chi connectivity index (χ2v) is 6.10. The van der Waals surface area contributed by atoms with Crippen LogP contribution in [0.1, 0.15) is 5.56 Å². The van der Waals surface area contributed by atoms with Crippen LogP contribution in [0.25, 0.3) is 11.0 Å². The van der Waals surface area contributed by atoms with E-state index in [9.17, 15) is 0 Å². The first kappa shape index (κ1) is 14.2. The average molecular weight is 317 g/mol. The summed E-state index contributed by atoms with van der Waals surface area (Å²) in [7, 11) is 0. The Morgan fingerprint density at radius 1 is 1.24 bits per heavy atom. The molecular formula is C14H15N5S2. The Balaban J connectivity index is 1.98. The molecule has 0 atom stereocenters. The molecule has 0 aliphatic carbocycles. The van der Waals surface area contributed by atoms with E-state index in [0.717, 1.165) is 33.3 Å². The van der Waals surface area contributed by atoms with Crippen LogP contribution < -0.4 is 5.32 Å². The average Bonchev–Trinajstić information content (AvgIpc) is 2.92. The zero-order chi connectivity index (χ0) is 14.7. The van der Waals surface area contributed by atoms with Crippen molar-refractivity contribution in [1.29, 1.82) is 0 Å². The molecule has 0 saturated heterocycles. The fourth-order valence-electron chi connectivity index (χ4n) is 2.12. The van der Waals surface area contributed by atoms with E-state index in [1.807, 2.05) is 24.1 Å². The highest BCUT2D eigenvalue weighted by atomic mass is 32.2. The van der Waals surface area contributed by atoms with Crippen LogP contribution in [0.2, 0.25) is 0 Å². The van der Waals surface area contributed by atoms with Crippen LogP contribution >= 0.6 is 23.5 Å². The summed E-state index contributed by atoms with van der Waals surface area (Å²) in [5, 5.41) is 12.4. The van der Waals surface area contributed by atoms with Gasteiger partial charge in [-0.15, -0.1) is 11.8 Å². The van der Waals surface area contributed by atoms with Gasteiger partial charge in [-0.1, -0.05) is 12.1 Å². The molecule has 3 aromatic rings. The maximum Gasteiger partial charge on any atom is 0.161 e. The quantitative estimate of drug-likeness (QED) is 0.700. The van der Waals surface area contributed by atoms with Crippen molar-refractivity contribution in [2.75, 3.05) is 17.8 Å². The van der Waals surface area contributed by atoms with Crippen molar-refractivity contribution < 1.29 is 0 Å². The fraction of sp³-hybridized carbons (Fsp3) is 0.214. The molecule has 21 heavy (non-hydrogen) atoms. The first-order chi connectivity index (χ1) is 10.3. The van der Waals surface area contributed by atoms with E-state index < -0.39 is 0 Å². The number of nitrogens with one attached hydrogen (secondary N) is 2. The Morgan fingerprint density at radius 3 is 2.95 bits per heavy atom. The lowest BCUT2D eigenvalue weighted by molar-refractivity contribution is 1.02. The molecule has 2 aromatic heterocycles. The number of H-pyrrole nitrogens is 1. The zero-order valence-electron chi connectivity index (χ0n) is 11.8. The van der Waals surface area contributed by atoms with Gasteiger partial charge in [0.1, 0.15) is 17.2 Å². The highest BCUT2D eigenvalue weighted by molar-refractivity contribution is 7.98. The molecule has 108 valence electrons. The van der Waals surface area contributed by atoms with Gasteiger partial charge >= 0.3 is 0 Å². The molecule has 2 N–H and O–H groups in total. The number of aromatic amines is 1. The van der Waals surface area contributed by atoms with Crippen molar-refractivity contribution in [2.24, 2.45) is 0 Å². The predicted molar refractivity (Wildman–Crippen MR) is 90.4 cm³/mol. The Hall–Kier alpha value is -1.73. The Morgan fingerprint density at radius 2 is 2.14 bits per heavy atom. The maximum absolute atomic E-state index is 4.36. The summed E-state index contributed by atoms with van der Waals surface area (Å²) < 4.78 is 0. The van der Waals surface area contributed by atoms with E-state index in [1.54, 1.807) is 18.1 Å². The maximum atomic E-state index is 4.36. The van der Waals surface area contributed by atoms with Crippen LogP contribution in [0.3, 0.4) is 0 Å². The lowest BCUT2D eigenvalue weighted by atomic mass is 10.2. The van der Waals surface area contributed by atoms with E-state index >= 15 is 0 Å². The van der Waals surface area contributed by atoms with Crippen LogP contribution in [-0.2, 0) is 5.75 Å². The van der Waals surface area contributed by atoms with Gasteiger partial charge in [0.05, 0.1) is 5.39 Å². The third kappa shape index (κ3) is 2.98. The SMILES string of the molecule is CSCc1cccc(Nc2ncnc3[nH]nc(SC)c23)c1. The van der Waals surface area contributed by atoms with E-state index in [1.165, 1.54) is 5.56 Å². The summed E-state index contributed by atoms with van der Waals surface area (Å²) in [6.45, 7) is 0. The molecule has 0 spiro atoms. The van der Waals surface area contributed by atoms with E-state index in [2.05, 4.69) is 49.9 Å². The predicted octanol–water partition coefficient (Wildman–Crippen LogP) is 3.68. The van der Waals surface area contributed by atoms with Gasteiger partial charge in [0.15, 0.2) is 5.65 Å². The van der Waals surface area contributed by atoms with Gasteiger partial charge in [-0.25, -0.2) is 9.97 Å². The fourth-order valence-corrected chi connectivity index (χ4v) is 3.16. The topological polar surface area (TPSA) is 66.5 Å².